The maximum absolute atomic E-state index is 12.8. The molecule has 0 radical (unpaired) electrons. The first-order valence-electron chi connectivity index (χ1n) is 10.4. The first-order chi connectivity index (χ1) is 13.8. The standard InChI is InChI=1S/C22H29N5O/c28-21(19-15-23-22(24-16-19)25-20-9-5-2-6-10-20)27-13-11-26(12-14-27)17-18-7-3-1-4-8-18/h1,3-4,7-8,15-16,20H,2,5-6,9-14,17H2,(H,23,24,25). The van der Waals surface area contributed by atoms with Crippen molar-refractivity contribution >= 4 is 11.9 Å². The Labute approximate surface area is 167 Å². The summed E-state index contributed by atoms with van der Waals surface area (Å²) in [7, 11) is 0. The topological polar surface area (TPSA) is 61.4 Å². The fourth-order valence-corrected chi connectivity index (χ4v) is 4.08. The second-order valence-corrected chi connectivity index (χ2v) is 7.83. The third-order valence-electron chi connectivity index (χ3n) is 5.75. The van der Waals surface area contributed by atoms with Crippen molar-refractivity contribution in [1.29, 1.82) is 0 Å². The van der Waals surface area contributed by atoms with Crippen LogP contribution in [0.15, 0.2) is 42.7 Å². The van der Waals surface area contributed by atoms with E-state index < -0.39 is 0 Å². The molecule has 6 heteroatoms. The van der Waals surface area contributed by atoms with Gasteiger partial charge in [-0.15, -0.1) is 0 Å². The maximum Gasteiger partial charge on any atom is 0.257 e. The average Bonchev–Trinajstić information content (AvgIpc) is 2.76. The summed E-state index contributed by atoms with van der Waals surface area (Å²) in [6.07, 6.45) is 9.54. The zero-order valence-corrected chi connectivity index (χ0v) is 16.4. The van der Waals surface area contributed by atoms with E-state index in [2.05, 4.69) is 44.5 Å². The van der Waals surface area contributed by atoms with Gasteiger partial charge in [0.05, 0.1) is 5.56 Å². The van der Waals surface area contributed by atoms with Crippen LogP contribution in [0.25, 0.3) is 0 Å². The largest absolute Gasteiger partial charge is 0.351 e. The van der Waals surface area contributed by atoms with Crippen LogP contribution in [0, 0.1) is 0 Å². The number of anilines is 1. The number of nitrogens with one attached hydrogen (secondary N) is 1. The van der Waals surface area contributed by atoms with E-state index in [4.69, 9.17) is 0 Å². The van der Waals surface area contributed by atoms with Crippen molar-refractivity contribution in [3.05, 3.63) is 53.9 Å². The van der Waals surface area contributed by atoms with Gasteiger partial charge in [-0.3, -0.25) is 9.69 Å². The zero-order valence-electron chi connectivity index (χ0n) is 16.4. The van der Waals surface area contributed by atoms with Crippen LogP contribution in [0.1, 0.15) is 48.0 Å². The molecule has 1 saturated heterocycles. The van der Waals surface area contributed by atoms with E-state index in [0.717, 1.165) is 32.7 Å². The summed E-state index contributed by atoms with van der Waals surface area (Å²) in [5.41, 5.74) is 1.89. The van der Waals surface area contributed by atoms with Crippen LogP contribution < -0.4 is 5.32 Å². The van der Waals surface area contributed by atoms with E-state index in [1.54, 1.807) is 12.4 Å². The Hall–Kier alpha value is -2.47. The number of nitrogens with zero attached hydrogens (tertiary/aromatic N) is 4. The lowest BCUT2D eigenvalue weighted by Crippen LogP contribution is -2.48. The first-order valence-corrected chi connectivity index (χ1v) is 10.4. The highest BCUT2D eigenvalue weighted by Gasteiger charge is 2.23. The predicted molar refractivity (Wildman–Crippen MR) is 110 cm³/mol. The van der Waals surface area contributed by atoms with Crippen LogP contribution in [0.5, 0.6) is 0 Å². The number of carbonyl (C=O) groups is 1. The van der Waals surface area contributed by atoms with Crippen LogP contribution >= 0.6 is 0 Å². The molecule has 6 nitrogen and oxygen atoms in total. The molecule has 1 aromatic heterocycles. The second kappa shape index (κ2) is 9.15. The normalized spacial score (nSPS) is 18.8. The number of amides is 1. The van der Waals surface area contributed by atoms with E-state index in [-0.39, 0.29) is 5.91 Å². The summed E-state index contributed by atoms with van der Waals surface area (Å²) < 4.78 is 0. The van der Waals surface area contributed by atoms with E-state index in [1.807, 2.05) is 11.0 Å². The van der Waals surface area contributed by atoms with Crippen molar-refractivity contribution in [2.45, 2.75) is 44.7 Å². The molecule has 0 atom stereocenters. The lowest BCUT2D eigenvalue weighted by molar-refractivity contribution is 0.0627. The molecule has 1 aliphatic carbocycles. The molecule has 0 bridgehead atoms. The number of hydrogen-bond acceptors (Lipinski definition) is 5. The summed E-state index contributed by atoms with van der Waals surface area (Å²) in [5, 5.41) is 3.40. The lowest BCUT2D eigenvalue weighted by Gasteiger charge is -2.34. The molecule has 2 heterocycles. The molecule has 2 aromatic rings. The molecule has 148 valence electrons. The predicted octanol–water partition coefficient (Wildman–Crippen LogP) is 3.18. The van der Waals surface area contributed by atoms with Crippen LogP contribution in [-0.4, -0.2) is 57.9 Å². The van der Waals surface area contributed by atoms with Gasteiger partial charge in [0.25, 0.3) is 5.91 Å². The van der Waals surface area contributed by atoms with E-state index >= 15 is 0 Å². The van der Waals surface area contributed by atoms with E-state index in [1.165, 1.54) is 37.7 Å². The minimum atomic E-state index is 0.0311. The minimum absolute atomic E-state index is 0.0311. The summed E-state index contributed by atoms with van der Waals surface area (Å²) in [6.45, 7) is 4.21. The number of aromatic nitrogens is 2. The Morgan fingerprint density at radius 3 is 2.32 bits per heavy atom. The highest BCUT2D eigenvalue weighted by molar-refractivity contribution is 5.93. The van der Waals surface area contributed by atoms with Crippen molar-refractivity contribution in [1.82, 2.24) is 19.8 Å². The molecule has 0 unspecified atom stereocenters. The number of hydrogen-bond donors (Lipinski definition) is 1. The maximum atomic E-state index is 12.8. The molecular weight excluding hydrogens is 350 g/mol. The monoisotopic (exact) mass is 379 g/mol. The van der Waals surface area contributed by atoms with Crippen molar-refractivity contribution in [3.63, 3.8) is 0 Å². The number of piperazine rings is 1. The van der Waals surface area contributed by atoms with Crippen LogP contribution in [0.2, 0.25) is 0 Å². The minimum Gasteiger partial charge on any atom is -0.351 e. The summed E-state index contributed by atoms with van der Waals surface area (Å²) in [5.74, 6) is 0.666. The molecule has 1 saturated carbocycles. The molecule has 1 N–H and O–H groups in total. The van der Waals surface area contributed by atoms with Crippen molar-refractivity contribution in [2.24, 2.45) is 0 Å². The Bertz CT molecular complexity index is 750. The number of benzene rings is 1. The number of carbonyl (C=O) groups excluding carboxylic acids is 1. The van der Waals surface area contributed by atoms with Gasteiger partial charge >= 0.3 is 0 Å². The third-order valence-corrected chi connectivity index (χ3v) is 5.75. The number of rotatable bonds is 5. The van der Waals surface area contributed by atoms with E-state index in [9.17, 15) is 4.79 Å². The fraction of sp³-hybridized carbons (Fsp3) is 0.500. The second-order valence-electron chi connectivity index (χ2n) is 7.83. The molecule has 0 spiro atoms. The lowest BCUT2D eigenvalue weighted by atomic mass is 9.96. The van der Waals surface area contributed by atoms with Gasteiger partial charge in [-0.25, -0.2) is 9.97 Å². The van der Waals surface area contributed by atoms with Gasteiger partial charge in [-0.1, -0.05) is 49.6 Å². The highest BCUT2D eigenvalue weighted by atomic mass is 16.2. The Morgan fingerprint density at radius 1 is 0.964 bits per heavy atom. The van der Waals surface area contributed by atoms with Gasteiger partial charge in [0.15, 0.2) is 0 Å². The van der Waals surface area contributed by atoms with Crippen LogP contribution in [0.4, 0.5) is 5.95 Å². The average molecular weight is 380 g/mol. The molecular formula is C22H29N5O. The molecule has 2 fully saturated rings. The van der Waals surface area contributed by atoms with Gasteiger partial charge in [0.2, 0.25) is 5.95 Å². The summed E-state index contributed by atoms with van der Waals surface area (Å²) in [6, 6.07) is 10.9. The fourth-order valence-electron chi connectivity index (χ4n) is 4.08. The molecule has 1 amide bonds. The molecule has 1 aliphatic heterocycles. The van der Waals surface area contributed by atoms with Gasteiger partial charge < -0.3 is 10.2 Å². The smallest absolute Gasteiger partial charge is 0.257 e. The van der Waals surface area contributed by atoms with Crippen molar-refractivity contribution in [3.8, 4) is 0 Å². The molecule has 1 aromatic carbocycles. The zero-order chi connectivity index (χ0) is 19.2. The molecule has 28 heavy (non-hydrogen) atoms. The summed E-state index contributed by atoms with van der Waals surface area (Å²) in [4.78, 5) is 25.8. The third kappa shape index (κ3) is 4.87. The van der Waals surface area contributed by atoms with Gasteiger partial charge in [-0.2, -0.15) is 0 Å². The highest BCUT2D eigenvalue weighted by Crippen LogP contribution is 2.20. The SMILES string of the molecule is O=C(c1cnc(NC2CCCCC2)nc1)N1CCN(Cc2ccccc2)CC1. The molecule has 4 rings (SSSR count). The summed E-state index contributed by atoms with van der Waals surface area (Å²) >= 11 is 0. The molecule has 2 aliphatic rings. The Kier molecular flexibility index (Phi) is 6.17. The van der Waals surface area contributed by atoms with Crippen molar-refractivity contribution in [2.75, 3.05) is 31.5 Å². The van der Waals surface area contributed by atoms with Crippen LogP contribution in [0.3, 0.4) is 0 Å². The first kappa shape index (κ1) is 18.9. The van der Waals surface area contributed by atoms with Gasteiger partial charge in [0.1, 0.15) is 0 Å². The van der Waals surface area contributed by atoms with Gasteiger partial charge in [0, 0.05) is 51.2 Å². The Balaban J connectivity index is 1.27. The quantitative estimate of drug-likeness (QED) is 0.865. The van der Waals surface area contributed by atoms with E-state index in [0.29, 0.717) is 17.6 Å². The van der Waals surface area contributed by atoms with Crippen molar-refractivity contribution < 1.29 is 4.79 Å². The Morgan fingerprint density at radius 2 is 1.64 bits per heavy atom. The van der Waals surface area contributed by atoms with Gasteiger partial charge in [-0.05, 0) is 18.4 Å². The van der Waals surface area contributed by atoms with Crippen LogP contribution in [-0.2, 0) is 6.54 Å².